The summed E-state index contributed by atoms with van der Waals surface area (Å²) in [6, 6.07) is 3.28. The lowest BCUT2D eigenvalue weighted by atomic mass is 10.3. The second-order valence-electron chi connectivity index (χ2n) is 1.93. The van der Waals surface area contributed by atoms with Crippen molar-refractivity contribution in [2.45, 2.75) is 6.61 Å². The van der Waals surface area contributed by atoms with Gasteiger partial charge in [-0.05, 0) is 17.7 Å². The minimum Gasteiger partial charge on any atom is -0.300 e. The molecule has 1 aromatic heterocycles. The number of rotatable bonds is 2. The molecule has 0 atom stereocenters. The fraction of sp³-hybridized carbons (Fsp3) is 0.167. The first-order valence-electron chi connectivity index (χ1n) is 2.86. The van der Waals surface area contributed by atoms with Crippen molar-refractivity contribution < 1.29 is 4.84 Å². The molecule has 0 radical (unpaired) electrons. The van der Waals surface area contributed by atoms with Crippen molar-refractivity contribution >= 4 is 23.2 Å². The van der Waals surface area contributed by atoms with Gasteiger partial charge in [0, 0.05) is 0 Å². The van der Waals surface area contributed by atoms with E-state index in [1.807, 2.05) is 0 Å². The molecule has 0 fully saturated rings. The molecule has 1 aromatic rings. The largest absolute Gasteiger partial charge is 0.300 e. The molecule has 1 heterocycles. The highest BCUT2D eigenvalue weighted by Crippen LogP contribution is 2.14. The van der Waals surface area contributed by atoms with Crippen LogP contribution < -0.4 is 5.90 Å². The fourth-order valence-corrected chi connectivity index (χ4v) is 1.20. The Balaban J connectivity index is 2.89. The van der Waals surface area contributed by atoms with E-state index in [1.165, 1.54) is 0 Å². The van der Waals surface area contributed by atoms with Crippen molar-refractivity contribution in [3.05, 3.63) is 28.0 Å². The minimum atomic E-state index is 0.280. The molecule has 0 aliphatic heterocycles. The molecule has 2 N–H and O–H groups in total. The molecular weight excluding hydrogens is 187 g/mol. The zero-order valence-corrected chi connectivity index (χ0v) is 7.06. The third-order valence-corrected chi connectivity index (χ3v) is 1.46. The van der Waals surface area contributed by atoms with Gasteiger partial charge in [-0.3, -0.25) is 4.84 Å². The van der Waals surface area contributed by atoms with E-state index in [4.69, 9.17) is 29.1 Å². The highest BCUT2D eigenvalue weighted by Gasteiger charge is 1.98. The van der Waals surface area contributed by atoms with Gasteiger partial charge in [-0.25, -0.2) is 10.9 Å². The van der Waals surface area contributed by atoms with Gasteiger partial charge >= 0.3 is 0 Å². The molecule has 0 saturated carbocycles. The van der Waals surface area contributed by atoms with Gasteiger partial charge in [-0.15, -0.1) is 0 Å². The van der Waals surface area contributed by atoms with Crippen molar-refractivity contribution in [1.29, 1.82) is 0 Å². The number of nitrogens with two attached hydrogens (primary N) is 1. The Kier molecular flexibility index (Phi) is 3.08. The third kappa shape index (κ3) is 2.63. The van der Waals surface area contributed by atoms with Crippen molar-refractivity contribution in [3.63, 3.8) is 0 Å². The number of hydrogen-bond acceptors (Lipinski definition) is 3. The van der Waals surface area contributed by atoms with E-state index in [0.29, 0.717) is 10.3 Å². The van der Waals surface area contributed by atoms with Crippen LogP contribution >= 0.6 is 23.2 Å². The number of halogens is 2. The van der Waals surface area contributed by atoms with Gasteiger partial charge in [-0.2, -0.15) is 0 Å². The summed E-state index contributed by atoms with van der Waals surface area (Å²) in [6.07, 6.45) is 0. The number of nitrogens with zero attached hydrogens (tertiary/aromatic N) is 1. The van der Waals surface area contributed by atoms with Crippen LogP contribution in [0.5, 0.6) is 0 Å². The van der Waals surface area contributed by atoms with Gasteiger partial charge in [0.15, 0.2) is 0 Å². The predicted molar refractivity (Wildman–Crippen MR) is 43.2 cm³/mol. The van der Waals surface area contributed by atoms with Crippen LogP contribution in [0.3, 0.4) is 0 Å². The maximum Gasteiger partial charge on any atom is 0.131 e. The van der Waals surface area contributed by atoms with E-state index in [1.54, 1.807) is 12.1 Å². The van der Waals surface area contributed by atoms with E-state index in [-0.39, 0.29) is 6.61 Å². The van der Waals surface area contributed by atoms with Crippen LogP contribution in [0.2, 0.25) is 10.3 Å². The SMILES string of the molecule is NOCc1cc(Cl)nc(Cl)c1. The van der Waals surface area contributed by atoms with Crippen LogP contribution in [0, 0.1) is 0 Å². The smallest absolute Gasteiger partial charge is 0.131 e. The van der Waals surface area contributed by atoms with Crippen molar-refractivity contribution in [2.24, 2.45) is 5.90 Å². The van der Waals surface area contributed by atoms with Crippen LogP contribution in [-0.4, -0.2) is 4.98 Å². The summed E-state index contributed by atoms with van der Waals surface area (Å²) >= 11 is 11.2. The summed E-state index contributed by atoms with van der Waals surface area (Å²) < 4.78 is 0. The Morgan fingerprint density at radius 1 is 1.36 bits per heavy atom. The van der Waals surface area contributed by atoms with Gasteiger partial charge in [0.2, 0.25) is 0 Å². The Morgan fingerprint density at radius 2 is 1.91 bits per heavy atom. The van der Waals surface area contributed by atoms with E-state index in [0.717, 1.165) is 5.56 Å². The Bertz CT molecular complexity index is 234. The molecule has 0 unspecified atom stereocenters. The number of aromatic nitrogens is 1. The Hall–Kier alpha value is -0.350. The van der Waals surface area contributed by atoms with Gasteiger partial charge in [0.1, 0.15) is 10.3 Å². The molecule has 0 bridgehead atoms. The molecule has 0 aliphatic carbocycles. The molecule has 0 saturated heterocycles. The summed E-state index contributed by atoms with van der Waals surface area (Å²) in [5.74, 6) is 4.85. The molecule has 0 amide bonds. The van der Waals surface area contributed by atoms with Gasteiger partial charge in [0.25, 0.3) is 0 Å². The molecule has 5 heteroatoms. The van der Waals surface area contributed by atoms with Crippen molar-refractivity contribution in [3.8, 4) is 0 Å². The topological polar surface area (TPSA) is 48.1 Å². The number of hydrogen-bond donors (Lipinski definition) is 1. The molecule has 1 rings (SSSR count). The van der Waals surface area contributed by atoms with Crippen LogP contribution in [0.1, 0.15) is 5.56 Å². The van der Waals surface area contributed by atoms with Gasteiger partial charge < -0.3 is 0 Å². The second-order valence-corrected chi connectivity index (χ2v) is 2.71. The monoisotopic (exact) mass is 192 g/mol. The molecule has 60 valence electrons. The second kappa shape index (κ2) is 3.88. The van der Waals surface area contributed by atoms with E-state index < -0.39 is 0 Å². The summed E-state index contributed by atoms with van der Waals surface area (Å²) in [6.45, 7) is 0.280. The lowest BCUT2D eigenvalue weighted by Crippen LogP contribution is -1.99. The Morgan fingerprint density at radius 3 is 2.36 bits per heavy atom. The summed E-state index contributed by atoms with van der Waals surface area (Å²) in [5.41, 5.74) is 0.803. The van der Waals surface area contributed by atoms with E-state index >= 15 is 0 Å². The average molecular weight is 193 g/mol. The standard InChI is InChI=1S/C6H6Cl2N2O/c7-5-1-4(3-11-9)2-6(8)10-5/h1-2H,3,9H2. The third-order valence-electron chi connectivity index (χ3n) is 1.07. The maximum atomic E-state index is 5.59. The minimum absolute atomic E-state index is 0.280. The Labute approximate surface area is 74.0 Å². The summed E-state index contributed by atoms with van der Waals surface area (Å²) in [4.78, 5) is 8.14. The lowest BCUT2D eigenvalue weighted by Gasteiger charge is -1.99. The quantitative estimate of drug-likeness (QED) is 0.575. The normalized spacial score (nSPS) is 10.1. The molecule has 0 aromatic carbocycles. The zero-order chi connectivity index (χ0) is 8.27. The molecule has 0 aliphatic rings. The molecule has 11 heavy (non-hydrogen) atoms. The maximum absolute atomic E-state index is 5.59. The first kappa shape index (κ1) is 8.74. The van der Waals surface area contributed by atoms with Crippen molar-refractivity contribution in [2.75, 3.05) is 0 Å². The van der Waals surface area contributed by atoms with E-state index in [2.05, 4.69) is 9.82 Å². The highest BCUT2D eigenvalue weighted by atomic mass is 35.5. The molecule has 0 spiro atoms. The fourth-order valence-electron chi connectivity index (χ4n) is 0.694. The van der Waals surface area contributed by atoms with Gasteiger partial charge in [-0.1, -0.05) is 23.2 Å². The van der Waals surface area contributed by atoms with Crippen LogP contribution in [0.25, 0.3) is 0 Å². The summed E-state index contributed by atoms with van der Waals surface area (Å²) in [7, 11) is 0. The molecule has 3 nitrogen and oxygen atoms in total. The van der Waals surface area contributed by atoms with Gasteiger partial charge in [0.05, 0.1) is 6.61 Å². The highest BCUT2D eigenvalue weighted by molar-refractivity contribution is 6.32. The summed E-state index contributed by atoms with van der Waals surface area (Å²) in [5, 5.41) is 0.675. The molecular formula is C6H6Cl2N2O. The lowest BCUT2D eigenvalue weighted by molar-refractivity contribution is 0.124. The van der Waals surface area contributed by atoms with Crippen LogP contribution in [-0.2, 0) is 11.4 Å². The predicted octanol–water partition coefficient (Wildman–Crippen LogP) is 1.78. The zero-order valence-electron chi connectivity index (χ0n) is 5.55. The number of pyridine rings is 1. The first-order valence-corrected chi connectivity index (χ1v) is 3.61. The van der Waals surface area contributed by atoms with E-state index in [9.17, 15) is 0 Å². The van der Waals surface area contributed by atoms with Crippen LogP contribution in [0.15, 0.2) is 12.1 Å². The average Bonchev–Trinajstić information content (AvgIpc) is 1.85. The van der Waals surface area contributed by atoms with Crippen molar-refractivity contribution in [1.82, 2.24) is 4.98 Å². The van der Waals surface area contributed by atoms with Crippen LogP contribution in [0.4, 0.5) is 0 Å². The first-order chi connectivity index (χ1) is 5.22.